The fourth-order valence-corrected chi connectivity index (χ4v) is 3.16. The zero-order valence-corrected chi connectivity index (χ0v) is 13.9. The standard InChI is InChI=1S/C21H17N3O2/c22-11-18-19(21(25)26)16-9-7-14-12-23-15(10-17(14)20(16)24-18)8-6-13-4-2-1-3-5-13/h1-10,12,23H,11,22H2,(H,25,26)/b8-6+. The third kappa shape index (κ3) is 2.74. The molecule has 0 fully saturated rings. The molecule has 0 saturated heterocycles. The van der Waals surface area contributed by atoms with Crippen LogP contribution in [0.5, 0.6) is 0 Å². The van der Waals surface area contributed by atoms with Crippen molar-refractivity contribution in [2.45, 2.75) is 6.54 Å². The summed E-state index contributed by atoms with van der Waals surface area (Å²) in [7, 11) is 0. The van der Waals surface area contributed by atoms with Gasteiger partial charge >= 0.3 is 5.97 Å². The molecule has 0 radical (unpaired) electrons. The van der Waals surface area contributed by atoms with Crippen LogP contribution in [-0.2, 0) is 6.54 Å². The van der Waals surface area contributed by atoms with Gasteiger partial charge in [-0.3, -0.25) is 0 Å². The van der Waals surface area contributed by atoms with Gasteiger partial charge < -0.3 is 15.8 Å². The molecule has 2 aromatic carbocycles. The fraction of sp³-hybridized carbons (Fsp3) is 0.0476. The first-order valence-corrected chi connectivity index (χ1v) is 8.27. The van der Waals surface area contributed by atoms with Crippen LogP contribution in [0, 0.1) is 0 Å². The van der Waals surface area contributed by atoms with Gasteiger partial charge in [-0.15, -0.1) is 0 Å². The highest BCUT2D eigenvalue weighted by Gasteiger charge is 2.19. The summed E-state index contributed by atoms with van der Waals surface area (Å²) in [5, 5.41) is 12.0. The van der Waals surface area contributed by atoms with Gasteiger partial charge in [0.25, 0.3) is 0 Å². The van der Waals surface area contributed by atoms with E-state index in [2.05, 4.69) is 9.97 Å². The summed E-state index contributed by atoms with van der Waals surface area (Å²) in [6.07, 6.45) is 5.90. The lowest BCUT2D eigenvalue weighted by Crippen LogP contribution is -2.05. The Labute approximate surface area is 149 Å². The molecule has 26 heavy (non-hydrogen) atoms. The number of fused-ring (bicyclic) bond motifs is 3. The van der Waals surface area contributed by atoms with Gasteiger partial charge in [-0.05, 0) is 23.1 Å². The molecular formula is C21H17N3O2. The summed E-state index contributed by atoms with van der Waals surface area (Å²) in [6.45, 7) is 0.0948. The second-order valence-electron chi connectivity index (χ2n) is 6.04. The van der Waals surface area contributed by atoms with Crippen molar-refractivity contribution in [2.24, 2.45) is 5.73 Å². The van der Waals surface area contributed by atoms with E-state index in [9.17, 15) is 9.90 Å². The van der Waals surface area contributed by atoms with E-state index in [1.807, 2.05) is 60.8 Å². The van der Waals surface area contributed by atoms with Crippen LogP contribution >= 0.6 is 0 Å². The van der Waals surface area contributed by atoms with Crippen molar-refractivity contribution in [1.29, 1.82) is 0 Å². The van der Waals surface area contributed by atoms with E-state index in [1.54, 1.807) is 6.07 Å². The molecule has 0 spiro atoms. The lowest BCUT2D eigenvalue weighted by molar-refractivity contribution is 0.0698. The average molecular weight is 343 g/mol. The Balaban J connectivity index is 1.87. The Kier molecular flexibility index (Phi) is 3.99. The van der Waals surface area contributed by atoms with Crippen LogP contribution in [0.4, 0.5) is 0 Å². The number of hydrogen-bond acceptors (Lipinski definition) is 3. The van der Waals surface area contributed by atoms with Crippen molar-refractivity contribution >= 4 is 39.8 Å². The highest BCUT2D eigenvalue weighted by Crippen LogP contribution is 2.30. The highest BCUT2D eigenvalue weighted by atomic mass is 16.4. The number of H-pyrrole nitrogens is 1. The van der Waals surface area contributed by atoms with E-state index < -0.39 is 5.97 Å². The molecule has 0 aliphatic carbocycles. The lowest BCUT2D eigenvalue weighted by atomic mass is 10.1. The van der Waals surface area contributed by atoms with Crippen LogP contribution in [-0.4, -0.2) is 21.0 Å². The van der Waals surface area contributed by atoms with Crippen LogP contribution in [0.2, 0.25) is 0 Å². The molecule has 0 unspecified atom stereocenters. The van der Waals surface area contributed by atoms with Crippen LogP contribution in [0.15, 0.2) is 54.7 Å². The predicted octanol–water partition coefficient (Wildman–Crippen LogP) is 4.04. The molecule has 4 N–H and O–H groups in total. The van der Waals surface area contributed by atoms with E-state index in [1.165, 1.54) is 0 Å². The largest absolute Gasteiger partial charge is 0.478 e. The van der Waals surface area contributed by atoms with Crippen molar-refractivity contribution in [1.82, 2.24) is 9.97 Å². The number of nitrogens with one attached hydrogen (secondary N) is 1. The fourth-order valence-electron chi connectivity index (χ4n) is 3.16. The van der Waals surface area contributed by atoms with Crippen molar-refractivity contribution in [3.05, 3.63) is 77.2 Å². The van der Waals surface area contributed by atoms with Gasteiger partial charge in [-0.25, -0.2) is 9.78 Å². The number of aromatic carboxylic acids is 1. The number of benzene rings is 2. The first-order chi connectivity index (χ1) is 12.7. The third-order valence-corrected chi connectivity index (χ3v) is 4.41. The number of rotatable bonds is 4. The molecule has 5 nitrogen and oxygen atoms in total. The highest BCUT2D eigenvalue weighted by molar-refractivity contribution is 6.13. The van der Waals surface area contributed by atoms with E-state index >= 15 is 0 Å². The van der Waals surface area contributed by atoms with Crippen LogP contribution in [0.25, 0.3) is 33.8 Å². The first kappa shape index (κ1) is 16.1. The quantitative estimate of drug-likeness (QED) is 0.521. The molecular weight excluding hydrogens is 326 g/mol. The summed E-state index contributed by atoms with van der Waals surface area (Å²) in [5.41, 5.74) is 8.98. The van der Waals surface area contributed by atoms with Gasteiger partial charge in [0.1, 0.15) is 0 Å². The normalized spacial score (nSPS) is 11.6. The SMILES string of the molecule is NCc1nc2c(ccc3c[nH]c(/C=C/c4ccccc4)cc32)c1C(=O)O. The zero-order chi connectivity index (χ0) is 18.1. The summed E-state index contributed by atoms with van der Waals surface area (Å²) in [6, 6.07) is 15.7. The number of aromatic nitrogens is 2. The van der Waals surface area contributed by atoms with Crippen LogP contribution < -0.4 is 5.73 Å². The molecule has 0 atom stereocenters. The van der Waals surface area contributed by atoms with Gasteiger partial charge in [-0.1, -0.05) is 48.5 Å². The number of aromatic amines is 1. The van der Waals surface area contributed by atoms with E-state index in [0.717, 1.165) is 22.0 Å². The second kappa shape index (κ2) is 6.46. The van der Waals surface area contributed by atoms with Crippen molar-refractivity contribution in [3.63, 3.8) is 0 Å². The van der Waals surface area contributed by atoms with Crippen LogP contribution in [0.3, 0.4) is 0 Å². The number of carboxylic acids is 1. The molecule has 0 aliphatic heterocycles. The lowest BCUT2D eigenvalue weighted by Gasteiger charge is -2.03. The number of carboxylic acid groups (broad SMARTS) is 1. The Morgan fingerprint density at radius 1 is 1.12 bits per heavy atom. The minimum absolute atomic E-state index is 0.0948. The van der Waals surface area contributed by atoms with E-state index in [0.29, 0.717) is 16.6 Å². The van der Waals surface area contributed by atoms with Gasteiger partial charge in [0, 0.05) is 29.2 Å². The van der Waals surface area contributed by atoms with Crippen molar-refractivity contribution in [2.75, 3.05) is 0 Å². The molecule has 0 aliphatic rings. The maximum absolute atomic E-state index is 11.6. The Bertz CT molecular complexity index is 1140. The first-order valence-electron chi connectivity index (χ1n) is 8.27. The zero-order valence-electron chi connectivity index (χ0n) is 13.9. The molecule has 0 amide bonds. The average Bonchev–Trinajstić information content (AvgIpc) is 3.06. The molecule has 4 rings (SSSR count). The smallest absolute Gasteiger partial charge is 0.338 e. The summed E-state index contributed by atoms with van der Waals surface area (Å²) < 4.78 is 0. The second-order valence-corrected chi connectivity index (χ2v) is 6.04. The Morgan fingerprint density at radius 3 is 2.65 bits per heavy atom. The minimum atomic E-state index is -1.00. The summed E-state index contributed by atoms with van der Waals surface area (Å²) in [5.74, 6) is -1.00. The van der Waals surface area contributed by atoms with Gasteiger partial charge in [0.05, 0.1) is 16.8 Å². The maximum atomic E-state index is 11.6. The summed E-state index contributed by atoms with van der Waals surface area (Å²) in [4.78, 5) is 19.4. The van der Waals surface area contributed by atoms with E-state index in [-0.39, 0.29) is 12.1 Å². The number of nitrogens with two attached hydrogens (primary N) is 1. The number of carbonyl (C=O) groups is 1. The van der Waals surface area contributed by atoms with Gasteiger partial charge in [-0.2, -0.15) is 0 Å². The third-order valence-electron chi connectivity index (χ3n) is 4.41. The molecule has 0 saturated carbocycles. The number of nitrogens with zero attached hydrogens (tertiary/aromatic N) is 1. The Hall–Kier alpha value is -3.44. The molecule has 2 aromatic heterocycles. The Morgan fingerprint density at radius 2 is 1.92 bits per heavy atom. The van der Waals surface area contributed by atoms with Gasteiger partial charge in [0.2, 0.25) is 0 Å². The van der Waals surface area contributed by atoms with Crippen molar-refractivity contribution < 1.29 is 9.90 Å². The number of hydrogen-bond donors (Lipinski definition) is 3. The molecule has 4 aromatic rings. The predicted molar refractivity (Wildman–Crippen MR) is 104 cm³/mol. The minimum Gasteiger partial charge on any atom is -0.478 e. The molecule has 0 bridgehead atoms. The van der Waals surface area contributed by atoms with Gasteiger partial charge in [0.15, 0.2) is 0 Å². The van der Waals surface area contributed by atoms with Crippen LogP contribution in [0.1, 0.15) is 27.3 Å². The molecule has 5 heteroatoms. The summed E-state index contributed by atoms with van der Waals surface area (Å²) >= 11 is 0. The topological polar surface area (TPSA) is 92.0 Å². The maximum Gasteiger partial charge on any atom is 0.338 e. The molecule has 2 heterocycles. The van der Waals surface area contributed by atoms with E-state index in [4.69, 9.17) is 5.73 Å². The van der Waals surface area contributed by atoms with Crippen molar-refractivity contribution in [3.8, 4) is 0 Å². The molecule has 128 valence electrons. The monoisotopic (exact) mass is 343 g/mol. The number of pyridine rings is 1.